The van der Waals surface area contributed by atoms with Crippen LogP contribution in [-0.4, -0.2) is 12.5 Å². The number of nitrogens with zero attached hydrogens (tertiary/aromatic N) is 2. The molecule has 0 N–H and O–H groups in total. The van der Waals surface area contributed by atoms with Crippen molar-refractivity contribution in [1.29, 1.82) is 0 Å². The number of para-hydroxylation sites is 1. The molecule has 3 aliphatic rings. The summed E-state index contributed by atoms with van der Waals surface area (Å²) >= 11 is 0. The Morgan fingerprint density at radius 2 is 1.36 bits per heavy atom. The second-order valence-corrected chi connectivity index (χ2v) is 12.1. The molecule has 0 unspecified atom stereocenters. The van der Waals surface area contributed by atoms with Crippen LogP contribution in [0.4, 0.5) is 11.4 Å². The molecule has 8 rings (SSSR count). The standard InChI is InChI=1S/C44H36N2O/c1-2-36(29-35-31-47-43(45-35)32-17-7-3-8-18-32)46(37-23-13-6-14-24-37)38-27-28-40-39-25-15-16-26-41(39)44(42(40)30-38,33-19-9-4-10-20-33)34-21-11-5-12-22-34/h2,4-7,9-30H,3,8,31H2,1H3/b35-29+,36-2+. The zero-order valence-corrected chi connectivity index (χ0v) is 26.5. The van der Waals surface area contributed by atoms with Gasteiger partial charge in [-0.1, -0.05) is 133 Å². The Balaban J connectivity index is 1.32. The van der Waals surface area contributed by atoms with Crippen molar-refractivity contribution in [3.63, 3.8) is 0 Å². The minimum absolute atomic E-state index is 0.450. The summed E-state index contributed by atoms with van der Waals surface area (Å²) in [4.78, 5) is 7.26. The van der Waals surface area contributed by atoms with Gasteiger partial charge in [-0.05, 0) is 83.5 Å². The van der Waals surface area contributed by atoms with Gasteiger partial charge in [0.15, 0.2) is 0 Å². The van der Waals surface area contributed by atoms with Crippen LogP contribution < -0.4 is 4.90 Å². The first-order chi connectivity index (χ1) is 23.3. The Labute approximate surface area is 277 Å². The lowest BCUT2D eigenvalue weighted by Gasteiger charge is -2.35. The summed E-state index contributed by atoms with van der Waals surface area (Å²) in [6.07, 6.45) is 12.9. The van der Waals surface area contributed by atoms with E-state index >= 15 is 0 Å². The van der Waals surface area contributed by atoms with E-state index in [2.05, 4.69) is 176 Å². The molecule has 228 valence electrons. The zero-order valence-electron chi connectivity index (χ0n) is 26.5. The van der Waals surface area contributed by atoms with E-state index in [1.807, 2.05) is 0 Å². The predicted octanol–water partition coefficient (Wildman–Crippen LogP) is 10.7. The van der Waals surface area contributed by atoms with E-state index in [-0.39, 0.29) is 0 Å². The van der Waals surface area contributed by atoms with Gasteiger partial charge in [-0.3, -0.25) is 0 Å². The lowest BCUT2D eigenvalue weighted by atomic mass is 9.67. The number of rotatable bonds is 7. The molecule has 0 atom stereocenters. The van der Waals surface area contributed by atoms with Gasteiger partial charge >= 0.3 is 0 Å². The van der Waals surface area contributed by atoms with Crippen molar-refractivity contribution in [2.75, 3.05) is 11.5 Å². The first-order valence-electron chi connectivity index (χ1n) is 16.4. The van der Waals surface area contributed by atoms with E-state index in [4.69, 9.17) is 9.73 Å². The third kappa shape index (κ3) is 4.96. The van der Waals surface area contributed by atoms with Crippen LogP contribution in [-0.2, 0) is 10.2 Å². The van der Waals surface area contributed by atoms with E-state index in [0.29, 0.717) is 12.5 Å². The van der Waals surface area contributed by atoms with Gasteiger partial charge in [0.1, 0.15) is 6.61 Å². The second-order valence-electron chi connectivity index (χ2n) is 12.1. The van der Waals surface area contributed by atoms with Crippen molar-refractivity contribution in [2.45, 2.75) is 25.2 Å². The summed E-state index contributed by atoms with van der Waals surface area (Å²) < 4.78 is 6.08. The van der Waals surface area contributed by atoms with Gasteiger partial charge in [-0.25, -0.2) is 4.99 Å². The molecule has 0 amide bonds. The molecule has 3 nitrogen and oxygen atoms in total. The molecule has 2 aliphatic carbocycles. The lowest BCUT2D eigenvalue weighted by Crippen LogP contribution is -2.28. The van der Waals surface area contributed by atoms with Gasteiger partial charge in [0.05, 0.1) is 11.1 Å². The predicted molar refractivity (Wildman–Crippen MR) is 194 cm³/mol. The molecule has 0 fully saturated rings. The molecule has 0 aromatic heterocycles. The van der Waals surface area contributed by atoms with Gasteiger partial charge in [-0.2, -0.15) is 0 Å². The van der Waals surface area contributed by atoms with Crippen LogP contribution in [0.25, 0.3) is 11.1 Å². The number of ether oxygens (including phenoxy) is 1. The second kappa shape index (κ2) is 12.3. The number of hydrogen-bond donors (Lipinski definition) is 0. The molecule has 0 radical (unpaired) electrons. The van der Waals surface area contributed by atoms with E-state index in [0.717, 1.165) is 41.2 Å². The highest BCUT2D eigenvalue weighted by atomic mass is 16.5. The maximum absolute atomic E-state index is 6.08. The van der Waals surface area contributed by atoms with Gasteiger partial charge in [-0.15, -0.1) is 0 Å². The monoisotopic (exact) mass is 608 g/mol. The highest BCUT2D eigenvalue weighted by molar-refractivity contribution is 5.98. The number of allylic oxidation sites excluding steroid dienone is 4. The average Bonchev–Trinajstić information content (AvgIpc) is 3.74. The van der Waals surface area contributed by atoms with E-state index in [1.165, 1.54) is 33.4 Å². The van der Waals surface area contributed by atoms with Crippen molar-refractivity contribution in [3.05, 3.63) is 203 Å². The quantitative estimate of drug-likeness (QED) is 0.180. The van der Waals surface area contributed by atoms with Crippen molar-refractivity contribution in [1.82, 2.24) is 0 Å². The lowest BCUT2D eigenvalue weighted by molar-refractivity contribution is 0.363. The minimum Gasteiger partial charge on any atom is -0.471 e. The van der Waals surface area contributed by atoms with Crippen LogP contribution in [0.2, 0.25) is 0 Å². The molecule has 3 heteroatoms. The molecular weight excluding hydrogens is 572 g/mol. The fourth-order valence-electron chi connectivity index (χ4n) is 7.37. The summed E-state index contributed by atoms with van der Waals surface area (Å²) in [6.45, 7) is 2.54. The SMILES string of the molecule is C/C=C(\C=C1/COC(C2=CCCC=C2)=N1)N(c1ccccc1)c1ccc2c(c1)C(c1ccccc1)(c1ccccc1)c1ccccc1-2. The Kier molecular flexibility index (Phi) is 7.51. The molecule has 5 aromatic carbocycles. The average molecular weight is 609 g/mol. The molecule has 47 heavy (non-hydrogen) atoms. The summed E-state index contributed by atoms with van der Waals surface area (Å²) in [5.41, 5.74) is 12.3. The van der Waals surface area contributed by atoms with Crippen molar-refractivity contribution in [3.8, 4) is 11.1 Å². The van der Waals surface area contributed by atoms with Crippen LogP contribution in [0.3, 0.4) is 0 Å². The highest BCUT2D eigenvalue weighted by Crippen LogP contribution is 2.57. The molecule has 0 bridgehead atoms. The Morgan fingerprint density at radius 3 is 2.04 bits per heavy atom. The summed E-state index contributed by atoms with van der Waals surface area (Å²) in [7, 11) is 0. The summed E-state index contributed by atoms with van der Waals surface area (Å²) in [5.74, 6) is 0.708. The molecule has 1 heterocycles. The molecule has 0 saturated carbocycles. The fraction of sp³-hybridized carbons (Fsp3) is 0.114. The van der Waals surface area contributed by atoms with E-state index in [1.54, 1.807) is 0 Å². The van der Waals surface area contributed by atoms with Crippen LogP contribution in [0.15, 0.2) is 186 Å². The number of benzene rings is 5. The molecule has 5 aromatic rings. The maximum atomic E-state index is 6.08. The number of aliphatic imine (C=N–C) groups is 1. The summed E-state index contributed by atoms with van der Waals surface area (Å²) in [5, 5.41) is 0. The Bertz CT molecular complexity index is 2050. The Hall–Kier alpha value is -5.67. The zero-order chi connectivity index (χ0) is 31.6. The van der Waals surface area contributed by atoms with Crippen LogP contribution >= 0.6 is 0 Å². The maximum Gasteiger partial charge on any atom is 0.221 e. The first-order valence-corrected chi connectivity index (χ1v) is 16.4. The topological polar surface area (TPSA) is 24.8 Å². The van der Waals surface area contributed by atoms with Gasteiger partial charge in [0, 0.05) is 22.6 Å². The third-order valence-corrected chi connectivity index (χ3v) is 9.43. The number of fused-ring (bicyclic) bond motifs is 3. The smallest absolute Gasteiger partial charge is 0.221 e. The Morgan fingerprint density at radius 1 is 0.702 bits per heavy atom. The first kappa shape index (κ1) is 28.8. The summed E-state index contributed by atoms with van der Waals surface area (Å²) in [6, 6.07) is 48.4. The number of anilines is 2. The molecular formula is C44H36N2O. The minimum atomic E-state index is -0.471. The van der Waals surface area contributed by atoms with Gasteiger partial charge in [0.2, 0.25) is 5.90 Å². The van der Waals surface area contributed by atoms with Gasteiger partial charge in [0.25, 0.3) is 0 Å². The van der Waals surface area contributed by atoms with Crippen molar-refractivity contribution in [2.24, 2.45) is 4.99 Å². The van der Waals surface area contributed by atoms with Gasteiger partial charge < -0.3 is 9.64 Å². The van der Waals surface area contributed by atoms with Crippen LogP contribution in [0.5, 0.6) is 0 Å². The highest BCUT2D eigenvalue weighted by Gasteiger charge is 2.46. The van der Waals surface area contributed by atoms with Crippen molar-refractivity contribution < 1.29 is 4.74 Å². The van der Waals surface area contributed by atoms with E-state index < -0.39 is 5.41 Å². The van der Waals surface area contributed by atoms with Crippen LogP contribution in [0.1, 0.15) is 42.0 Å². The molecule has 0 saturated heterocycles. The molecule has 0 spiro atoms. The molecule has 1 aliphatic heterocycles. The normalized spacial score (nSPS) is 17.0. The number of hydrogen-bond acceptors (Lipinski definition) is 3. The third-order valence-electron chi connectivity index (χ3n) is 9.43. The van der Waals surface area contributed by atoms with Crippen molar-refractivity contribution >= 4 is 17.3 Å². The van der Waals surface area contributed by atoms with Crippen LogP contribution in [0, 0.1) is 0 Å². The largest absolute Gasteiger partial charge is 0.471 e. The fourth-order valence-corrected chi connectivity index (χ4v) is 7.37. The van der Waals surface area contributed by atoms with E-state index in [9.17, 15) is 0 Å².